The molecule has 166 valence electrons. The monoisotopic (exact) mass is 436 g/mol. The number of imidazole rings is 1. The smallest absolute Gasteiger partial charge is 0.148 e. The first kappa shape index (κ1) is 21.1. The normalized spacial score (nSPS) is 11.2. The molecule has 0 aliphatic carbocycles. The Balaban J connectivity index is 1.30. The fourth-order valence-corrected chi connectivity index (χ4v) is 4.22. The van der Waals surface area contributed by atoms with Crippen molar-refractivity contribution in [2.75, 3.05) is 6.61 Å². The molecule has 0 amide bonds. The summed E-state index contributed by atoms with van der Waals surface area (Å²) >= 11 is 0. The maximum absolute atomic E-state index is 6.18. The zero-order valence-electron chi connectivity index (χ0n) is 19.1. The van der Waals surface area contributed by atoms with Crippen molar-refractivity contribution in [2.24, 2.45) is 0 Å². The maximum Gasteiger partial charge on any atom is 0.148 e. The van der Waals surface area contributed by atoms with Crippen LogP contribution in [0.4, 0.5) is 0 Å². The molecule has 0 saturated carbocycles. The molecular weight excluding hydrogens is 408 g/mol. The standard InChI is InChI=1S/C29H28N2O2/c1-21-15-16-22(2)28(19-21)33-20-29-30-25-12-5-6-13-26(25)31(29)17-8-18-32-27-14-7-10-23-9-3-4-11-24(23)27/h3-7,9-16,19H,8,17-18,20H2,1-2H3. The number of ether oxygens (including phenoxy) is 2. The number of para-hydroxylation sites is 2. The molecule has 4 aromatic carbocycles. The Labute approximate surface area is 194 Å². The minimum Gasteiger partial charge on any atom is -0.493 e. The minimum absolute atomic E-state index is 0.434. The van der Waals surface area contributed by atoms with E-state index in [1.54, 1.807) is 0 Å². The van der Waals surface area contributed by atoms with Crippen molar-refractivity contribution in [3.8, 4) is 11.5 Å². The second kappa shape index (κ2) is 9.37. The van der Waals surface area contributed by atoms with E-state index >= 15 is 0 Å². The first-order valence-corrected chi connectivity index (χ1v) is 11.4. The fraction of sp³-hybridized carbons (Fsp3) is 0.207. The summed E-state index contributed by atoms with van der Waals surface area (Å²) in [6.07, 6.45) is 0.875. The topological polar surface area (TPSA) is 36.3 Å². The molecule has 0 spiro atoms. The van der Waals surface area contributed by atoms with E-state index in [1.807, 2.05) is 18.2 Å². The van der Waals surface area contributed by atoms with Crippen LogP contribution in [0, 0.1) is 13.8 Å². The van der Waals surface area contributed by atoms with Gasteiger partial charge >= 0.3 is 0 Å². The Bertz CT molecular complexity index is 1400. The highest BCUT2D eigenvalue weighted by Crippen LogP contribution is 2.26. The first-order valence-electron chi connectivity index (χ1n) is 11.4. The van der Waals surface area contributed by atoms with Gasteiger partial charge in [0.2, 0.25) is 0 Å². The van der Waals surface area contributed by atoms with E-state index in [-0.39, 0.29) is 0 Å². The fourth-order valence-electron chi connectivity index (χ4n) is 4.22. The predicted octanol–water partition coefficient (Wildman–Crippen LogP) is 6.85. The lowest BCUT2D eigenvalue weighted by atomic mass is 10.1. The number of fused-ring (bicyclic) bond motifs is 2. The molecule has 0 fully saturated rings. The second-order valence-electron chi connectivity index (χ2n) is 8.41. The highest BCUT2D eigenvalue weighted by Gasteiger charge is 2.12. The summed E-state index contributed by atoms with van der Waals surface area (Å²) in [5, 5.41) is 2.34. The SMILES string of the molecule is Cc1ccc(C)c(OCc2nc3ccccc3n2CCCOc2cccc3ccccc23)c1. The Kier molecular flexibility index (Phi) is 5.99. The molecule has 0 aliphatic rings. The van der Waals surface area contributed by atoms with E-state index in [9.17, 15) is 0 Å². The van der Waals surface area contributed by atoms with Crippen LogP contribution in [0.2, 0.25) is 0 Å². The Morgan fingerprint density at radius 1 is 0.788 bits per heavy atom. The molecule has 0 aliphatic heterocycles. The van der Waals surface area contributed by atoms with Crippen LogP contribution in [0.3, 0.4) is 0 Å². The zero-order chi connectivity index (χ0) is 22.6. The van der Waals surface area contributed by atoms with Gasteiger partial charge in [-0.2, -0.15) is 0 Å². The Morgan fingerprint density at radius 3 is 2.55 bits per heavy atom. The average molecular weight is 437 g/mol. The lowest BCUT2D eigenvalue weighted by Gasteiger charge is -2.13. The van der Waals surface area contributed by atoms with Gasteiger partial charge in [-0.1, -0.05) is 60.7 Å². The summed E-state index contributed by atoms with van der Waals surface area (Å²) in [6, 6.07) is 29.1. The third-order valence-corrected chi connectivity index (χ3v) is 5.97. The van der Waals surface area contributed by atoms with Gasteiger partial charge in [-0.15, -0.1) is 0 Å². The van der Waals surface area contributed by atoms with Crippen molar-refractivity contribution in [3.05, 3.63) is 102 Å². The van der Waals surface area contributed by atoms with Crippen LogP contribution in [0.5, 0.6) is 11.5 Å². The van der Waals surface area contributed by atoms with Crippen molar-refractivity contribution in [3.63, 3.8) is 0 Å². The van der Waals surface area contributed by atoms with Crippen LogP contribution in [-0.2, 0) is 13.2 Å². The van der Waals surface area contributed by atoms with Gasteiger partial charge in [-0.3, -0.25) is 0 Å². The molecule has 0 unspecified atom stereocenters. The van der Waals surface area contributed by atoms with Crippen LogP contribution >= 0.6 is 0 Å². The molecule has 0 bridgehead atoms. The van der Waals surface area contributed by atoms with Gasteiger partial charge in [0.05, 0.1) is 17.6 Å². The van der Waals surface area contributed by atoms with E-state index in [0.717, 1.165) is 52.3 Å². The third kappa shape index (κ3) is 4.56. The second-order valence-corrected chi connectivity index (χ2v) is 8.41. The quantitative estimate of drug-likeness (QED) is 0.249. The maximum atomic E-state index is 6.18. The lowest BCUT2D eigenvalue weighted by Crippen LogP contribution is -2.10. The summed E-state index contributed by atoms with van der Waals surface area (Å²) < 4.78 is 14.6. The van der Waals surface area contributed by atoms with Gasteiger partial charge in [0, 0.05) is 11.9 Å². The number of benzene rings is 4. The summed E-state index contributed by atoms with van der Waals surface area (Å²) in [6.45, 7) is 6.04. The number of hydrogen-bond donors (Lipinski definition) is 0. The van der Waals surface area contributed by atoms with Gasteiger partial charge in [-0.25, -0.2) is 4.98 Å². The van der Waals surface area contributed by atoms with Gasteiger partial charge in [0.25, 0.3) is 0 Å². The van der Waals surface area contributed by atoms with Crippen LogP contribution in [0.25, 0.3) is 21.8 Å². The number of aromatic nitrogens is 2. The third-order valence-electron chi connectivity index (χ3n) is 5.97. The summed E-state index contributed by atoms with van der Waals surface area (Å²) in [5.74, 6) is 2.78. The van der Waals surface area contributed by atoms with E-state index in [1.165, 1.54) is 10.9 Å². The Morgan fingerprint density at radius 2 is 1.61 bits per heavy atom. The predicted molar refractivity (Wildman–Crippen MR) is 134 cm³/mol. The lowest BCUT2D eigenvalue weighted by molar-refractivity contribution is 0.280. The van der Waals surface area contributed by atoms with Crippen molar-refractivity contribution >= 4 is 21.8 Å². The van der Waals surface area contributed by atoms with Crippen molar-refractivity contribution in [1.82, 2.24) is 9.55 Å². The first-order chi connectivity index (χ1) is 16.2. The number of hydrogen-bond acceptors (Lipinski definition) is 3. The molecule has 0 N–H and O–H groups in total. The number of nitrogens with zero attached hydrogens (tertiary/aromatic N) is 2. The molecule has 0 atom stereocenters. The largest absolute Gasteiger partial charge is 0.493 e. The van der Waals surface area contributed by atoms with Crippen LogP contribution in [-0.4, -0.2) is 16.2 Å². The molecule has 0 saturated heterocycles. The molecule has 1 heterocycles. The minimum atomic E-state index is 0.434. The van der Waals surface area contributed by atoms with E-state index < -0.39 is 0 Å². The number of rotatable bonds is 8. The molecule has 4 heteroatoms. The van der Waals surface area contributed by atoms with E-state index in [4.69, 9.17) is 14.5 Å². The molecule has 0 radical (unpaired) electrons. The molecule has 1 aromatic heterocycles. The summed E-state index contributed by atoms with van der Waals surface area (Å²) in [4.78, 5) is 4.85. The Hall–Kier alpha value is -3.79. The summed E-state index contributed by atoms with van der Waals surface area (Å²) in [7, 11) is 0. The van der Waals surface area contributed by atoms with Crippen molar-refractivity contribution in [2.45, 2.75) is 33.4 Å². The van der Waals surface area contributed by atoms with Crippen LogP contribution in [0.15, 0.2) is 84.9 Å². The van der Waals surface area contributed by atoms with E-state index in [0.29, 0.717) is 13.2 Å². The van der Waals surface area contributed by atoms with Gasteiger partial charge in [-0.05, 0) is 61.0 Å². The molecule has 5 aromatic rings. The van der Waals surface area contributed by atoms with Crippen LogP contribution < -0.4 is 9.47 Å². The molecule has 5 rings (SSSR count). The summed E-state index contributed by atoms with van der Waals surface area (Å²) in [5.41, 5.74) is 4.44. The average Bonchev–Trinajstić information content (AvgIpc) is 3.20. The molecular formula is C29H28N2O2. The van der Waals surface area contributed by atoms with Crippen molar-refractivity contribution < 1.29 is 9.47 Å². The van der Waals surface area contributed by atoms with Crippen molar-refractivity contribution in [1.29, 1.82) is 0 Å². The molecule has 33 heavy (non-hydrogen) atoms. The zero-order valence-corrected chi connectivity index (χ0v) is 19.1. The van der Waals surface area contributed by atoms with E-state index in [2.05, 4.69) is 85.1 Å². The van der Waals surface area contributed by atoms with Gasteiger partial charge in [0.1, 0.15) is 23.9 Å². The highest BCUT2D eigenvalue weighted by atomic mass is 16.5. The molecule has 4 nitrogen and oxygen atoms in total. The van der Waals surface area contributed by atoms with Gasteiger partial charge in [0.15, 0.2) is 0 Å². The van der Waals surface area contributed by atoms with Gasteiger partial charge < -0.3 is 14.0 Å². The highest BCUT2D eigenvalue weighted by molar-refractivity contribution is 5.88. The number of aryl methyl sites for hydroxylation is 3. The van der Waals surface area contributed by atoms with Crippen LogP contribution in [0.1, 0.15) is 23.4 Å².